The van der Waals surface area contributed by atoms with Crippen LogP contribution >= 0.6 is 0 Å². The highest BCUT2D eigenvalue weighted by atomic mass is 16.2. The van der Waals surface area contributed by atoms with E-state index in [0.29, 0.717) is 18.8 Å². The van der Waals surface area contributed by atoms with E-state index in [9.17, 15) is 9.59 Å². The van der Waals surface area contributed by atoms with Crippen molar-refractivity contribution < 1.29 is 9.59 Å². The van der Waals surface area contributed by atoms with Crippen LogP contribution in [0.3, 0.4) is 0 Å². The molecule has 0 heterocycles. The normalized spacial score (nSPS) is 12.2. The van der Waals surface area contributed by atoms with Gasteiger partial charge in [-0.15, -0.1) is 0 Å². The van der Waals surface area contributed by atoms with E-state index in [1.165, 1.54) is 0 Å². The van der Waals surface area contributed by atoms with Gasteiger partial charge in [-0.05, 0) is 17.9 Å². The first-order valence-electron chi connectivity index (χ1n) is 5.90. The third-order valence-electron chi connectivity index (χ3n) is 2.40. The number of carbonyl (C=O) groups is 2. The second-order valence-electron chi connectivity index (χ2n) is 4.60. The van der Waals surface area contributed by atoms with Crippen molar-refractivity contribution >= 4 is 12.2 Å². The molecule has 1 rings (SSSR count). The second kappa shape index (κ2) is 6.84. The van der Waals surface area contributed by atoms with E-state index in [1.807, 2.05) is 44.2 Å². The molecule has 3 heteroatoms. The van der Waals surface area contributed by atoms with Gasteiger partial charge in [-0.1, -0.05) is 44.2 Å². The Morgan fingerprint density at radius 2 is 1.94 bits per heavy atom. The van der Waals surface area contributed by atoms with Crippen LogP contribution in [-0.4, -0.2) is 18.2 Å². The predicted molar refractivity (Wildman–Crippen MR) is 67.6 cm³/mol. The van der Waals surface area contributed by atoms with Gasteiger partial charge < -0.3 is 10.1 Å². The molecule has 0 saturated carbocycles. The van der Waals surface area contributed by atoms with Gasteiger partial charge in [0.05, 0.1) is 6.04 Å². The number of nitrogens with one attached hydrogen (secondary N) is 1. The van der Waals surface area contributed by atoms with Crippen LogP contribution in [-0.2, 0) is 16.0 Å². The molecule has 0 saturated heterocycles. The van der Waals surface area contributed by atoms with Crippen LogP contribution in [0.1, 0.15) is 25.8 Å². The van der Waals surface area contributed by atoms with Crippen molar-refractivity contribution in [2.24, 2.45) is 5.92 Å². The van der Waals surface area contributed by atoms with Gasteiger partial charge in [0, 0.05) is 6.42 Å². The van der Waals surface area contributed by atoms with E-state index in [4.69, 9.17) is 0 Å². The molecule has 1 atom stereocenters. The van der Waals surface area contributed by atoms with Crippen LogP contribution in [0.25, 0.3) is 0 Å². The van der Waals surface area contributed by atoms with Gasteiger partial charge >= 0.3 is 0 Å². The third kappa shape index (κ3) is 5.29. The molecule has 92 valence electrons. The van der Waals surface area contributed by atoms with Crippen molar-refractivity contribution in [2.45, 2.75) is 32.7 Å². The highest BCUT2D eigenvalue weighted by Gasteiger charge is 2.12. The summed E-state index contributed by atoms with van der Waals surface area (Å²) in [5, 5.41) is 2.74. The zero-order chi connectivity index (χ0) is 12.7. The summed E-state index contributed by atoms with van der Waals surface area (Å²) >= 11 is 0. The van der Waals surface area contributed by atoms with Crippen LogP contribution in [0, 0.1) is 5.92 Å². The van der Waals surface area contributed by atoms with Gasteiger partial charge in [0.25, 0.3) is 0 Å². The molecule has 0 fully saturated rings. The number of amides is 1. The zero-order valence-corrected chi connectivity index (χ0v) is 10.3. The summed E-state index contributed by atoms with van der Waals surface area (Å²) in [4.78, 5) is 22.5. The van der Waals surface area contributed by atoms with Gasteiger partial charge in [0.1, 0.15) is 6.29 Å². The summed E-state index contributed by atoms with van der Waals surface area (Å²) in [6.07, 6.45) is 1.80. The largest absolute Gasteiger partial charge is 0.346 e. The van der Waals surface area contributed by atoms with Gasteiger partial charge in [-0.25, -0.2) is 0 Å². The summed E-state index contributed by atoms with van der Waals surface area (Å²) in [6.45, 7) is 3.96. The SMILES string of the molecule is CC(C)CC(=O)NC(C=O)Cc1ccccc1. The first kappa shape index (κ1) is 13.4. The lowest BCUT2D eigenvalue weighted by Crippen LogP contribution is -2.38. The number of aldehydes is 1. The zero-order valence-electron chi connectivity index (χ0n) is 10.3. The molecule has 1 aromatic carbocycles. The molecule has 0 bridgehead atoms. The number of hydrogen-bond acceptors (Lipinski definition) is 2. The Kier molecular flexibility index (Phi) is 5.40. The molecule has 3 nitrogen and oxygen atoms in total. The van der Waals surface area contributed by atoms with Crippen LogP contribution in [0.15, 0.2) is 30.3 Å². The van der Waals surface area contributed by atoms with Crippen molar-refractivity contribution in [1.82, 2.24) is 5.32 Å². The van der Waals surface area contributed by atoms with Gasteiger partial charge in [0.2, 0.25) is 5.91 Å². The predicted octanol–water partition coefficient (Wildman–Crippen LogP) is 1.96. The smallest absolute Gasteiger partial charge is 0.220 e. The molecule has 0 radical (unpaired) electrons. The Balaban J connectivity index is 2.49. The lowest BCUT2D eigenvalue weighted by molar-refractivity contribution is -0.124. The molecular weight excluding hydrogens is 214 g/mol. The highest BCUT2D eigenvalue weighted by molar-refractivity contribution is 5.79. The van der Waals surface area contributed by atoms with E-state index in [0.717, 1.165) is 11.8 Å². The highest BCUT2D eigenvalue weighted by Crippen LogP contribution is 2.03. The second-order valence-corrected chi connectivity index (χ2v) is 4.60. The number of rotatable bonds is 6. The Labute approximate surface area is 102 Å². The lowest BCUT2D eigenvalue weighted by Gasteiger charge is -2.13. The molecule has 0 spiro atoms. The summed E-state index contributed by atoms with van der Waals surface area (Å²) in [7, 11) is 0. The topological polar surface area (TPSA) is 46.2 Å². The fourth-order valence-corrected chi connectivity index (χ4v) is 1.64. The standard InChI is InChI=1S/C14H19NO2/c1-11(2)8-14(17)15-13(10-16)9-12-6-4-3-5-7-12/h3-7,10-11,13H,8-9H2,1-2H3,(H,15,17). The molecule has 1 amide bonds. The molecular formula is C14H19NO2. The maximum Gasteiger partial charge on any atom is 0.220 e. The maximum absolute atomic E-state index is 11.5. The van der Waals surface area contributed by atoms with Gasteiger partial charge in [-0.2, -0.15) is 0 Å². The minimum absolute atomic E-state index is 0.0620. The summed E-state index contributed by atoms with van der Waals surface area (Å²) < 4.78 is 0. The van der Waals surface area contributed by atoms with Crippen molar-refractivity contribution in [1.29, 1.82) is 0 Å². The Morgan fingerprint density at radius 1 is 1.29 bits per heavy atom. The minimum Gasteiger partial charge on any atom is -0.346 e. The van der Waals surface area contributed by atoms with E-state index >= 15 is 0 Å². The molecule has 0 aromatic heterocycles. The fraction of sp³-hybridized carbons (Fsp3) is 0.429. The number of carbonyl (C=O) groups excluding carboxylic acids is 2. The van der Waals surface area contributed by atoms with Crippen LogP contribution in [0.5, 0.6) is 0 Å². The van der Waals surface area contributed by atoms with Crippen molar-refractivity contribution in [3.63, 3.8) is 0 Å². The lowest BCUT2D eigenvalue weighted by atomic mass is 10.1. The average molecular weight is 233 g/mol. The monoisotopic (exact) mass is 233 g/mol. The summed E-state index contributed by atoms with van der Waals surface area (Å²) in [6, 6.07) is 9.25. The molecule has 1 unspecified atom stereocenters. The quantitative estimate of drug-likeness (QED) is 0.763. The Bertz CT molecular complexity index is 360. The summed E-state index contributed by atoms with van der Waals surface area (Å²) in [5.41, 5.74) is 1.05. The molecule has 0 aliphatic rings. The fourth-order valence-electron chi connectivity index (χ4n) is 1.64. The van der Waals surface area contributed by atoms with Crippen LogP contribution in [0.4, 0.5) is 0 Å². The van der Waals surface area contributed by atoms with Crippen molar-refractivity contribution in [2.75, 3.05) is 0 Å². The van der Waals surface area contributed by atoms with E-state index in [2.05, 4.69) is 5.32 Å². The molecule has 0 aliphatic carbocycles. The Morgan fingerprint density at radius 3 is 2.47 bits per heavy atom. The Hall–Kier alpha value is -1.64. The number of hydrogen-bond donors (Lipinski definition) is 1. The van der Waals surface area contributed by atoms with E-state index < -0.39 is 6.04 Å². The minimum atomic E-state index is -0.427. The molecule has 1 aromatic rings. The third-order valence-corrected chi connectivity index (χ3v) is 2.40. The van der Waals surface area contributed by atoms with Crippen LogP contribution < -0.4 is 5.32 Å². The molecule has 17 heavy (non-hydrogen) atoms. The first-order valence-corrected chi connectivity index (χ1v) is 5.90. The van der Waals surface area contributed by atoms with E-state index in [1.54, 1.807) is 0 Å². The van der Waals surface area contributed by atoms with Crippen molar-refractivity contribution in [3.8, 4) is 0 Å². The first-order chi connectivity index (χ1) is 8.11. The van der Waals surface area contributed by atoms with Gasteiger partial charge in [0.15, 0.2) is 0 Å². The van der Waals surface area contributed by atoms with Crippen molar-refractivity contribution in [3.05, 3.63) is 35.9 Å². The summed E-state index contributed by atoms with van der Waals surface area (Å²) in [5.74, 6) is 0.243. The average Bonchev–Trinajstić information content (AvgIpc) is 2.28. The number of benzene rings is 1. The van der Waals surface area contributed by atoms with E-state index in [-0.39, 0.29) is 5.91 Å². The van der Waals surface area contributed by atoms with Crippen LogP contribution in [0.2, 0.25) is 0 Å². The molecule has 1 N–H and O–H groups in total. The van der Waals surface area contributed by atoms with Gasteiger partial charge in [-0.3, -0.25) is 4.79 Å². The maximum atomic E-state index is 11.5. The molecule has 0 aliphatic heterocycles.